The topological polar surface area (TPSA) is 91.1 Å². The predicted octanol–water partition coefficient (Wildman–Crippen LogP) is 4.26. The molecule has 2 heterocycles. The van der Waals surface area contributed by atoms with E-state index in [2.05, 4.69) is 11.1 Å². The zero-order valence-electron chi connectivity index (χ0n) is 18.6. The van der Waals surface area contributed by atoms with Crippen LogP contribution < -0.4 is 10.4 Å². The Bertz CT molecular complexity index is 1440. The van der Waals surface area contributed by atoms with E-state index in [0.29, 0.717) is 42.8 Å². The first-order chi connectivity index (χ1) is 16.6. The van der Waals surface area contributed by atoms with Crippen LogP contribution in [0.3, 0.4) is 0 Å². The lowest BCUT2D eigenvalue weighted by Gasteiger charge is -2.32. The molecule has 1 aromatic heterocycles. The molecule has 0 saturated carbocycles. The summed E-state index contributed by atoms with van der Waals surface area (Å²) in [4.78, 5) is 30.4. The van der Waals surface area contributed by atoms with Gasteiger partial charge in [0.1, 0.15) is 12.4 Å². The van der Waals surface area contributed by atoms with E-state index in [1.807, 2.05) is 51.9 Å². The highest BCUT2D eigenvalue weighted by Crippen LogP contribution is 2.26. The highest BCUT2D eigenvalue weighted by atomic mass is 16.5. The first kappa shape index (κ1) is 21.5. The van der Waals surface area contributed by atoms with Gasteiger partial charge in [-0.2, -0.15) is 5.26 Å². The van der Waals surface area contributed by atoms with Gasteiger partial charge in [0, 0.05) is 30.3 Å². The van der Waals surface area contributed by atoms with Crippen LogP contribution in [0.2, 0.25) is 0 Å². The Kier molecular flexibility index (Phi) is 5.88. The van der Waals surface area contributed by atoms with Gasteiger partial charge in [0.25, 0.3) is 5.91 Å². The molecule has 4 aromatic rings. The fourth-order valence-electron chi connectivity index (χ4n) is 4.58. The molecule has 1 amide bonds. The number of H-pyrrole nitrogens is 1. The second-order valence-corrected chi connectivity index (χ2v) is 8.43. The standard InChI is InChI=1S/C27H24N4O3/c28-17-20-6-1-2-7-21(20)18-34-23-9-5-8-19(16-23)26(32)30-14-12-22(13-15-30)31-25-11-4-3-10-24(25)29-27(31)33/h1-11,16,22H,12-15,18H2,(H,29,33). The number of rotatable bonds is 5. The van der Waals surface area contributed by atoms with Crippen molar-refractivity contribution in [2.75, 3.05) is 13.1 Å². The first-order valence-corrected chi connectivity index (χ1v) is 11.3. The van der Waals surface area contributed by atoms with Crippen LogP contribution in [0.15, 0.2) is 77.6 Å². The number of nitriles is 1. The molecule has 0 bridgehead atoms. The van der Waals surface area contributed by atoms with Gasteiger partial charge in [-0.3, -0.25) is 9.36 Å². The molecular formula is C27H24N4O3. The van der Waals surface area contributed by atoms with Crippen LogP contribution in [0, 0.1) is 11.3 Å². The predicted molar refractivity (Wildman–Crippen MR) is 129 cm³/mol. The minimum Gasteiger partial charge on any atom is -0.489 e. The Balaban J connectivity index is 1.25. The molecule has 5 rings (SSSR count). The Hall–Kier alpha value is -4.31. The average molecular weight is 453 g/mol. The number of hydrogen-bond acceptors (Lipinski definition) is 4. The lowest BCUT2D eigenvalue weighted by molar-refractivity contribution is 0.0694. The third-order valence-electron chi connectivity index (χ3n) is 6.35. The van der Waals surface area contributed by atoms with Crippen LogP contribution in [0.4, 0.5) is 0 Å². The molecule has 0 aliphatic carbocycles. The minimum absolute atomic E-state index is 0.0485. The Morgan fingerprint density at radius 2 is 1.79 bits per heavy atom. The van der Waals surface area contributed by atoms with Crippen molar-refractivity contribution in [3.05, 3.63) is 100.0 Å². The summed E-state index contributed by atoms with van der Waals surface area (Å²) in [7, 11) is 0. The van der Waals surface area contributed by atoms with Gasteiger partial charge >= 0.3 is 5.69 Å². The highest BCUT2D eigenvalue weighted by Gasteiger charge is 2.26. The number of benzene rings is 3. The maximum Gasteiger partial charge on any atom is 0.326 e. The van der Waals surface area contributed by atoms with Gasteiger partial charge in [-0.25, -0.2) is 4.79 Å². The van der Waals surface area contributed by atoms with Gasteiger partial charge in [-0.05, 0) is 49.2 Å². The van der Waals surface area contributed by atoms with E-state index in [-0.39, 0.29) is 24.2 Å². The summed E-state index contributed by atoms with van der Waals surface area (Å²) in [6, 6.07) is 24.4. The van der Waals surface area contributed by atoms with Crippen molar-refractivity contribution in [2.24, 2.45) is 0 Å². The summed E-state index contributed by atoms with van der Waals surface area (Å²) < 4.78 is 7.69. The van der Waals surface area contributed by atoms with E-state index in [1.54, 1.807) is 30.3 Å². The zero-order chi connectivity index (χ0) is 23.5. The van der Waals surface area contributed by atoms with E-state index < -0.39 is 0 Å². The van der Waals surface area contributed by atoms with Crippen molar-refractivity contribution in [3.8, 4) is 11.8 Å². The molecule has 7 nitrogen and oxygen atoms in total. The van der Waals surface area contributed by atoms with E-state index in [4.69, 9.17) is 4.74 Å². The number of carbonyl (C=O) groups excluding carboxylic acids is 1. The molecule has 1 saturated heterocycles. The van der Waals surface area contributed by atoms with Crippen LogP contribution >= 0.6 is 0 Å². The molecule has 1 N–H and O–H groups in total. The van der Waals surface area contributed by atoms with Gasteiger partial charge in [-0.1, -0.05) is 36.4 Å². The number of nitrogens with zero attached hydrogens (tertiary/aromatic N) is 3. The van der Waals surface area contributed by atoms with E-state index in [0.717, 1.165) is 16.6 Å². The summed E-state index contributed by atoms with van der Waals surface area (Å²) in [5, 5.41) is 9.25. The fourth-order valence-corrected chi connectivity index (χ4v) is 4.58. The number of imidazole rings is 1. The molecule has 0 atom stereocenters. The molecule has 34 heavy (non-hydrogen) atoms. The second-order valence-electron chi connectivity index (χ2n) is 8.43. The van der Waals surface area contributed by atoms with Gasteiger partial charge < -0.3 is 14.6 Å². The summed E-state index contributed by atoms with van der Waals surface area (Å²) in [6.07, 6.45) is 1.43. The molecule has 1 aliphatic rings. The SMILES string of the molecule is N#Cc1ccccc1COc1cccc(C(=O)N2CCC(n3c(=O)[nH]c4ccccc43)CC2)c1. The zero-order valence-corrected chi connectivity index (χ0v) is 18.6. The first-order valence-electron chi connectivity index (χ1n) is 11.3. The van der Waals surface area contributed by atoms with E-state index >= 15 is 0 Å². The maximum absolute atomic E-state index is 13.2. The van der Waals surface area contributed by atoms with Crippen LogP contribution in [0.5, 0.6) is 5.75 Å². The van der Waals surface area contributed by atoms with Crippen LogP contribution in [-0.4, -0.2) is 33.4 Å². The summed E-state index contributed by atoms with van der Waals surface area (Å²) in [5.74, 6) is 0.534. The Labute approximate surface area is 196 Å². The average Bonchev–Trinajstić information content (AvgIpc) is 3.23. The number of aromatic amines is 1. The molecule has 7 heteroatoms. The number of para-hydroxylation sites is 2. The fraction of sp³-hybridized carbons (Fsp3) is 0.222. The van der Waals surface area contributed by atoms with Gasteiger partial charge in [0.15, 0.2) is 0 Å². The number of piperidine rings is 1. The largest absolute Gasteiger partial charge is 0.489 e. The summed E-state index contributed by atoms with van der Waals surface area (Å²) >= 11 is 0. The third-order valence-corrected chi connectivity index (χ3v) is 6.35. The van der Waals surface area contributed by atoms with E-state index in [9.17, 15) is 14.9 Å². The number of carbonyl (C=O) groups is 1. The van der Waals surface area contributed by atoms with Gasteiger partial charge in [0.05, 0.1) is 22.7 Å². The minimum atomic E-state index is -0.103. The number of ether oxygens (including phenoxy) is 1. The summed E-state index contributed by atoms with van der Waals surface area (Å²) in [5.41, 5.74) is 3.58. The van der Waals surface area contributed by atoms with Gasteiger partial charge in [0.2, 0.25) is 0 Å². The number of hydrogen-bond donors (Lipinski definition) is 1. The van der Waals surface area contributed by atoms with Crippen LogP contribution in [0.25, 0.3) is 11.0 Å². The molecule has 170 valence electrons. The summed E-state index contributed by atoms with van der Waals surface area (Å²) in [6.45, 7) is 1.41. The van der Waals surface area contributed by atoms with Crippen LogP contribution in [-0.2, 0) is 6.61 Å². The van der Waals surface area contributed by atoms with Crippen molar-refractivity contribution in [1.82, 2.24) is 14.5 Å². The lowest BCUT2D eigenvalue weighted by Crippen LogP contribution is -2.40. The van der Waals surface area contributed by atoms with Crippen molar-refractivity contribution in [2.45, 2.75) is 25.5 Å². The smallest absolute Gasteiger partial charge is 0.326 e. The second kappa shape index (κ2) is 9.28. The van der Waals surface area contributed by atoms with E-state index in [1.165, 1.54) is 0 Å². The maximum atomic E-state index is 13.2. The van der Waals surface area contributed by atoms with Crippen molar-refractivity contribution >= 4 is 16.9 Å². The van der Waals surface area contributed by atoms with Crippen molar-refractivity contribution in [3.63, 3.8) is 0 Å². The monoisotopic (exact) mass is 452 g/mol. The van der Waals surface area contributed by atoms with Crippen molar-refractivity contribution < 1.29 is 9.53 Å². The highest BCUT2D eigenvalue weighted by molar-refractivity contribution is 5.94. The molecular weight excluding hydrogens is 428 g/mol. The molecule has 1 aliphatic heterocycles. The number of amides is 1. The Morgan fingerprint density at radius 1 is 1.03 bits per heavy atom. The normalized spacial score (nSPS) is 14.1. The van der Waals surface area contributed by atoms with Crippen molar-refractivity contribution in [1.29, 1.82) is 5.26 Å². The quantitative estimate of drug-likeness (QED) is 0.490. The van der Waals surface area contributed by atoms with Gasteiger partial charge in [-0.15, -0.1) is 0 Å². The molecule has 0 radical (unpaired) electrons. The third kappa shape index (κ3) is 4.18. The number of fused-ring (bicyclic) bond motifs is 1. The molecule has 1 fully saturated rings. The number of nitrogens with one attached hydrogen (secondary N) is 1. The molecule has 0 spiro atoms. The number of aromatic nitrogens is 2. The Morgan fingerprint density at radius 3 is 2.62 bits per heavy atom. The molecule has 3 aromatic carbocycles. The van der Waals surface area contributed by atoms with Crippen LogP contribution in [0.1, 0.15) is 40.4 Å². The lowest BCUT2D eigenvalue weighted by atomic mass is 10.0. The number of likely N-dealkylation sites (tertiary alicyclic amines) is 1. The molecule has 0 unspecified atom stereocenters.